The minimum atomic E-state index is -0.474. The molecule has 4 aromatic carbocycles. The molecule has 0 bridgehead atoms. The fraction of sp³-hybridized carbons (Fsp3) is 0.188. The van der Waals surface area contributed by atoms with Crippen LogP contribution in [0.15, 0.2) is 115 Å². The molecule has 5 aromatic rings. The van der Waals surface area contributed by atoms with Crippen LogP contribution in [-0.2, 0) is 16.7 Å². The van der Waals surface area contributed by atoms with E-state index in [1.165, 1.54) is 22.3 Å². The molecule has 0 aliphatic carbocycles. The van der Waals surface area contributed by atoms with Gasteiger partial charge in [-0.2, -0.15) is 0 Å². The Morgan fingerprint density at radius 1 is 0.778 bits per heavy atom. The molecule has 180 valence electrons. The molecule has 1 fully saturated rings. The Hall–Kier alpha value is -3.86. The number of aromatic nitrogens is 1. The van der Waals surface area contributed by atoms with E-state index in [1.807, 2.05) is 6.07 Å². The average molecular weight is 475 g/mol. The van der Waals surface area contributed by atoms with Crippen LogP contribution in [0.25, 0.3) is 10.9 Å². The number of epoxide rings is 1. The molecule has 4 nitrogen and oxygen atoms in total. The van der Waals surface area contributed by atoms with Crippen molar-refractivity contribution >= 4 is 10.9 Å². The van der Waals surface area contributed by atoms with Gasteiger partial charge in [0, 0.05) is 23.6 Å². The summed E-state index contributed by atoms with van der Waals surface area (Å²) < 4.78 is 11.5. The second-order valence-electron chi connectivity index (χ2n) is 9.28. The van der Waals surface area contributed by atoms with E-state index < -0.39 is 5.54 Å². The van der Waals surface area contributed by atoms with Gasteiger partial charge in [0.05, 0.1) is 12.1 Å². The molecule has 0 spiro atoms. The topological polar surface area (TPSA) is 49.6 Å². The molecule has 0 unspecified atom stereocenters. The maximum Gasteiger partial charge on any atom is 0.129 e. The molecule has 6 rings (SSSR count). The van der Waals surface area contributed by atoms with E-state index in [0.29, 0.717) is 6.61 Å². The van der Waals surface area contributed by atoms with E-state index in [4.69, 9.17) is 9.47 Å². The normalized spacial score (nSPS) is 15.2. The van der Waals surface area contributed by atoms with Crippen molar-refractivity contribution in [1.82, 2.24) is 10.3 Å². The second kappa shape index (κ2) is 10.0. The van der Waals surface area contributed by atoms with Crippen molar-refractivity contribution in [1.29, 1.82) is 0 Å². The SMILES string of the molecule is c1ccc(C(NCCc2c[nH]c3cccc(OC[C@@H]4CO4)c23)(c2ccccc2)c2ccccc2)cc1. The highest BCUT2D eigenvalue weighted by molar-refractivity contribution is 5.89. The van der Waals surface area contributed by atoms with Crippen LogP contribution in [0, 0.1) is 0 Å². The van der Waals surface area contributed by atoms with Gasteiger partial charge in [0.1, 0.15) is 18.5 Å². The van der Waals surface area contributed by atoms with Gasteiger partial charge in [-0.3, -0.25) is 5.32 Å². The monoisotopic (exact) mass is 474 g/mol. The van der Waals surface area contributed by atoms with Crippen molar-refractivity contribution in [2.45, 2.75) is 18.1 Å². The molecule has 1 aliphatic rings. The van der Waals surface area contributed by atoms with Crippen molar-refractivity contribution in [3.05, 3.63) is 138 Å². The Morgan fingerprint density at radius 2 is 1.36 bits per heavy atom. The highest BCUT2D eigenvalue weighted by Gasteiger charge is 2.35. The number of hydrogen-bond donors (Lipinski definition) is 2. The van der Waals surface area contributed by atoms with Crippen molar-refractivity contribution in [3.63, 3.8) is 0 Å². The first-order valence-corrected chi connectivity index (χ1v) is 12.6. The number of rotatable bonds is 10. The first-order chi connectivity index (χ1) is 17.8. The predicted octanol–water partition coefficient (Wildman–Crippen LogP) is 6.07. The molecule has 1 saturated heterocycles. The smallest absolute Gasteiger partial charge is 0.129 e. The van der Waals surface area contributed by atoms with E-state index in [0.717, 1.165) is 36.2 Å². The lowest BCUT2D eigenvalue weighted by atomic mass is 9.77. The van der Waals surface area contributed by atoms with Crippen molar-refractivity contribution in [2.24, 2.45) is 0 Å². The number of benzene rings is 4. The van der Waals surface area contributed by atoms with Gasteiger partial charge in [0.15, 0.2) is 0 Å². The van der Waals surface area contributed by atoms with Gasteiger partial charge < -0.3 is 14.5 Å². The predicted molar refractivity (Wildman–Crippen MR) is 144 cm³/mol. The van der Waals surface area contributed by atoms with Gasteiger partial charge in [-0.25, -0.2) is 0 Å². The maximum absolute atomic E-state index is 6.13. The zero-order chi connectivity index (χ0) is 24.2. The Balaban J connectivity index is 1.35. The fourth-order valence-corrected chi connectivity index (χ4v) is 5.14. The number of hydrogen-bond acceptors (Lipinski definition) is 3. The lowest BCUT2D eigenvalue weighted by Crippen LogP contribution is -2.45. The first kappa shape index (κ1) is 22.6. The summed E-state index contributed by atoms with van der Waals surface area (Å²) in [5, 5.41) is 5.15. The number of aromatic amines is 1. The fourth-order valence-electron chi connectivity index (χ4n) is 5.14. The average Bonchev–Trinajstić information content (AvgIpc) is 3.69. The summed E-state index contributed by atoms with van der Waals surface area (Å²) in [4.78, 5) is 3.44. The summed E-state index contributed by atoms with van der Waals surface area (Å²) >= 11 is 0. The van der Waals surface area contributed by atoms with Gasteiger partial charge in [-0.15, -0.1) is 0 Å². The van der Waals surface area contributed by atoms with Gasteiger partial charge in [0.25, 0.3) is 0 Å². The Labute approximate surface area is 211 Å². The second-order valence-corrected chi connectivity index (χ2v) is 9.28. The summed E-state index contributed by atoms with van der Waals surface area (Å²) in [5.41, 5.74) is 5.52. The molecule has 4 heteroatoms. The van der Waals surface area contributed by atoms with Crippen molar-refractivity contribution in [3.8, 4) is 5.75 Å². The van der Waals surface area contributed by atoms with Gasteiger partial charge in [0.2, 0.25) is 0 Å². The molecular weight excluding hydrogens is 444 g/mol. The van der Waals surface area contributed by atoms with E-state index in [-0.39, 0.29) is 6.10 Å². The van der Waals surface area contributed by atoms with Gasteiger partial charge >= 0.3 is 0 Å². The minimum Gasteiger partial charge on any atom is -0.490 e. The Kier molecular flexibility index (Phi) is 6.29. The molecule has 2 heterocycles. The van der Waals surface area contributed by atoms with Crippen LogP contribution in [0.4, 0.5) is 0 Å². The van der Waals surface area contributed by atoms with E-state index >= 15 is 0 Å². The number of H-pyrrole nitrogens is 1. The Morgan fingerprint density at radius 3 is 1.92 bits per heavy atom. The highest BCUT2D eigenvalue weighted by atomic mass is 16.6. The van der Waals surface area contributed by atoms with Crippen LogP contribution >= 0.6 is 0 Å². The summed E-state index contributed by atoms with van der Waals surface area (Å²) in [6.45, 7) is 2.17. The van der Waals surface area contributed by atoms with E-state index in [2.05, 4.69) is 120 Å². The maximum atomic E-state index is 6.13. The van der Waals surface area contributed by atoms with Crippen LogP contribution in [0.1, 0.15) is 22.3 Å². The molecule has 0 saturated carbocycles. The third-order valence-electron chi connectivity index (χ3n) is 6.98. The largest absolute Gasteiger partial charge is 0.490 e. The Bertz CT molecular complexity index is 1310. The zero-order valence-corrected chi connectivity index (χ0v) is 20.2. The quantitative estimate of drug-likeness (QED) is 0.191. The third kappa shape index (κ3) is 4.41. The number of ether oxygens (including phenoxy) is 2. The summed E-state index contributed by atoms with van der Waals surface area (Å²) in [6.07, 6.45) is 3.20. The lowest BCUT2D eigenvalue weighted by Gasteiger charge is -2.37. The van der Waals surface area contributed by atoms with E-state index in [9.17, 15) is 0 Å². The van der Waals surface area contributed by atoms with Crippen LogP contribution in [0.2, 0.25) is 0 Å². The third-order valence-corrected chi connectivity index (χ3v) is 6.98. The molecule has 36 heavy (non-hydrogen) atoms. The van der Waals surface area contributed by atoms with E-state index in [1.54, 1.807) is 0 Å². The minimum absolute atomic E-state index is 0.229. The summed E-state index contributed by atoms with van der Waals surface area (Å²) in [7, 11) is 0. The molecule has 0 amide bonds. The molecule has 1 atom stereocenters. The summed E-state index contributed by atoms with van der Waals surface area (Å²) in [6, 6.07) is 38.4. The van der Waals surface area contributed by atoms with Crippen LogP contribution < -0.4 is 10.1 Å². The first-order valence-electron chi connectivity index (χ1n) is 12.6. The molecular formula is C32H30N2O2. The standard InChI is InChI=1S/C32H30N2O2/c1-4-11-25(12-5-1)32(26-13-6-2-7-14-26,27-15-8-3-9-16-27)34-20-19-24-21-33-29-17-10-18-30(31(24)29)36-23-28-22-35-28/h1-18,21,28,33-34H,19-20,22-23H2/t28-/m0/s1. The molecule has 1 aliphatic heterocycles. The number of nitrogens with one attached hydrogen (secondary N) is 2. The molecule has 0 radical (unpaired) electrons. The highest BCUT2D eigenvalue weighted by Crippen LogP contribution is 2.37. The lowest BCUT2D eigenvalue weighted by molar-refractivity contribution is 0.265. The van der Waals surface area contributed by atoms with Crippen LogP contribution in [-0.4, -0.2) is 30.8 Å². The molecule has 1 aromatic heterocycles. The van der Waals surface area contributed by atoms with Crippen molar-refractivity contribution in [2.75, 3.05) is 19.8 Å². The zero-order valence-electron chi connectivity index (χ0n) is 20.2. The number of fused-ring (bicyclic) bond motifs is 1. The van der Waals surface area contributed by atoms with Crippen LogP contribution in [0.3, 0.4) is 0 Å². The summed E-state index contributed by atoms with van der Waals surface area (Å²) in [5.74, 6) is 0.916. The van der Waals surface area contributed by atoms with Gasteiger partial charge in [-0.1, -0.05) is 97.1 Å². The van der Waals surface area contributed by atoms with Crippen molar-refractivity contribution < 1.29 is 9.47 Å². The van der Waals surface area contributed by atoms with Crippen LogP contribution in [0.5, 0.6) is 5.75 Å². The molecule has 2 N–H and O–H groups in total. The van der Waals surface area contributed by atoms with Gasteiger partial charge in [-0.05, 0) is 40.8 Å².